The van der Waals surface area contributed by atoms with Gasteiger partial charge in [0.25, 0.3) is 0 Å². The van der Waals surface area contributed by atoms with Gasteiger partial charge in [0.05, 0.1) is 17.1 Å². The molecular weight excluding hydrogens is 286 g/mol. The fourth-order valence-electron chi connectivity index (χ4n) is 2.22. The molecule has 2 N–H and O–H groups in total. The van der Waals surface area contributed by atoms with E-state index < -0.39 is 5.97 Å². The number of benzene rings is 2. The maximum absolute atomic E-state index is 11.1. The van der Waals surface area contributed by atoms with E-state index in [1.807, 2.05) is 50.2 Å². The number of hydrogen-bond donors (Lipinski definition) is 2. The van der Waals surface area contributed by atoms with E-state index in [0.29, 0.717) is 5.02 Å². The molecule has 0 aliphatic heterocycles. The van der Waals surface area contributed by atoms with E-state index in [1.54, 1.807) is 0 Å². The van der Waals surface area contributed by atoms with Gasteiger partial charge in [-0.1, -0.05) is 42.8 Å². The number of rotatable bonds is 5. The van der Waals surface area contributed by atoms with Crippen molar-refractivity contribution in [2.24, 2.45) is 0 Å². The second-order valence-electron chi connectivity index (χ2n) is 4.97. The number of carboxylic acids is 1. The largest absolute Gasteiger partial charge is 0.481 e. The Hall–Kier alpha value is -2.00. The Balaban J connectivity index is 2.41. The number of carbonyl (C=O) groups is 1. The second-order valence-corrected chi connectivity index (χ2v) is 5.38. The summed E-state index contributed by atoms with van der Waals surface area (Å²) in [6, 6.07) is 11.5. The molecule has 2 rings (SSSR count). The van der Waals surface area contributed by atoms with E-state index >= 15 is 0 Å². The van der Waals surface area contributed by atoms with Gasteiger partial charge in [0.1, 0.15) is 0 Å². The molecule has 0 atom stereocenters. The van der Waals surface area contributed by atoms with Gasteiger partial charge in [-0.05, 0) is 42.2 Å². The summed E-state index contributed by atoms with van der Waals surface area (Å²) < 4.78 is 0. The molecular formula is C17H18ClNO2. The summed E-state index contributed by atoms with van der Waals surface area (Å²) in [5, 5.41) is 13.0. The van der Waals surface area contributed by atoms with Crippen LogP contribution >= 0.6 is 11.6 Å². The summed E-state index contributed by atoms with van der Waals surface area (Å²) >= 11 is 6.22. The number of halogens is 1. The molecule has 0 radical (unpaired) electrons. The molecule has 21 heavy (non-hydrogen) atoms. The first kappa shape index (κ1) is 15.4. The summed E-state index contributed by atoms with van der Waals surface area (Å²) in [5.41, 5.74) is 4.50. The van der Waals surface area contributed by atoms with Crippen LogP contribution in [0.5, 0.6) is 0 Å². The molecule has 0 saturated carbocycles. The number of carboxylic acid groups (broad SMARTS) is 1. The van der Waals surface area contributed by atoms with E-state index in [1.165, 1.54) is 0 Å². The molecule has 0 fully saturated rings. The maximum atomic E-state index is 11.1. The maximum Gasteiger partial charge on any atom is 0.307 e. The molecule has 0 saturated heterocycles. The van der Waals surface area contributed by atoms with Gasteiger partial charge in [0, 0.05) is 5.69 Å². The lowest BCUT2D eigenvalue weighted by molar-refractivity contribution is -0.136. The van der Waals surface area contributed by atoms with Crippen LogP contribution in [0, 0.1) is 6.92 Å². The lowest BCUT2D eigenvalue weighted by Gasteiger charge is -2.15. The predicted octanol–water partition coefficient (Wildman–Crippen LogP) is 4.58. The number of hydrogen-bond acceptors (Lipinski definition) is 2. The third-order valence-electron chi connectivity index (χ3n) is 3.40. The van der Waals surface area contributed by atoms with Crippen LogP contribution in [-0.2, 0) is 17.6 Å². The van der Waals surface area contributed by atoms with Crippen molar-refractivity contribution in [1.82, 2.24) is 0 Å². The fourth-order valence-corrected chi connectivity index (χ4v) is 2.49. The van der Waals surface area contributed by atoms with Gasteiger partial charge in [0.15, 0.2) is 0 Å². The topological polar surface area (TPSA) is 49.3 Å². The third-order valence-corrected chi connectivity index (χ3v) is 3.72. The number of para-hydroxylation sites is 1. The molecule has 110 valence electrons. The van der Waals surface area contributed by atoms with Crippen molar-refractivity contribution >= 4 is 28.9 Å². The van der Waals surface area contributed by atoms with Crippen LogP contribution in [0.25, 0.3) is 0 Å². The van der Waals surface area contributed by atoms with Crippen molar-refractivity contribution in [2.75, 3.05) is 5.32 Å². The highest BCUT2D eigenvalue weighted by atomic mass is 35.5. The van der Waals surface area contributed by atoms with Gasteiger partial charge in [-0.25, -0.2) is 0 Å². The van der Waals surface area contributed by atoms with Gasteiger partial charge in [-0.2, -0.15) is 0 Å². The summed E-state index contributed by atoms with van der Waals surface area (Å²) in [6.07, 6.45) is 0.859. The zero-order valence-corrected chi connectivity index (χ0v) is 12.9. The average molecular weight is 304 g/mol. The third kappa shape index (κ3) is 3.76. The highest BCUT2D eigenvalue weighted by molar-refractivity contribution is 6.33. The second kappa shape index (κ2) is 6.64. The molecule has 0 spiro atoms. The summed E-state index contributed by atoms with van der Waals surface area (Å²) in [5.74, 6) is -0.845. The van der Waals surface area contributed by atoms with Crippen molar-refractivity contribution in [3.05, 3.63) is 58.1 Å². The smallest absolute Gasteiger partial charge is 0.307 e. The summed E-state index contributed by atoms with van der Waals surface area (Å²) in [6.45, 7) is 4.01. The van der Waals surface area contributed by atoms with E-state index in [-0.39, 0.29) is 6.42 Å². The zero-order valence-electron chi connectivity index (χ0n) is 12.1. The molecule has 2 aromatic rings. The monoisotopic (exact) mass is 303 g/mol. The summed E-state index contributed by atoms with van der Waals surface area (Å²) in [4.78, 5) is 11.1. The first-order chi connectivity index (χ1) is 10.0. The molecule has 0 aliphatic carbocycles. The molecule has 0 aliphatic rings. The predicted molar refractivity (Wildman–Crippen MR) is 86.6 cm³/mol. The number of aryl methyl sites for hydroxylation is 2. The van der Waals surface area contributed by atoms with Gasteiger partial charge in [-0.3, -0.25) is 4.79 Å². The zero-order chi connectivity index (χ0) is 15.4. The van der Waals surface area contributed by atoms with Crippen LogP contribution in [0.3, 0.4) is 0 Å². The fraction of sp³-hybridized carbons (Fsp3) is 0.235. The average Bonchev–Trinajstić information content (AvgIpc) is 2.43. The molecule has 0 bridgehead atoms. The standard InChI is InChI=1S/C17H18ClNO2/c1-3-12-7-8-15(13(9-12)10-16(20)21)19-17-11(2)5-4-6-14(17)18/h4-9,19H,3,10H2,1-2H3,(H,20,21). The Bertz CT molecular complexity index is 648. The van der Waals surface area contributed by atoms with Crippen LogP contribution in [0.2, 0.25) is 5.02 Å². The normalized spacial score (nSPS) is 10.4. The number of nitrogens with one attached hydrogen (secondary N) is 1. The van der Waals surface area contributed by atoms with Gasteiger partial charge in [-0.15, -0.1) is 0 Å². The van der Waals surface area contributed by atoms with Crippen LogP contribution in [0.4, 0.5) is 11.4 Å². The molecule has 0 amide bonds. The van der Waals surface area contributed by atoms with E-state index in [0.717, 1.165) is 34.5 Å². The Morgan fingerprint density at radius 3 is 2.67 bits per heavy atom. The number of anilines is 2. The molecule has 4 heteroatoms. The highest BCUT2D eigenvalue weighted by Crippen LogP contribution is 2.30. The lowest BCUT2D eigenvalue weighted by Crippen LogP contribution is -2.05. The number of aliphatic carboxylic acids is 1. The molecule has 0 aromatic heterocycles. The molecule has 0 unspecified atom stereocenters. The van der Waals surface area contributed by atoms with E-state index in [2.05, 4.69) is 5.32 Å². The Morgan fingerprint density at radius 2 is 2.05 bits per heavy atom. The van der Waals surface area contributed by atoms with Gasteiger partial charge < -0.3 is 10.4 Å². The Labute approximate surface area is 129 Å². The van der Waals surface area contributed by atoms with Crippen LogP contribution < -0.4 is 5.32 Å². The minimum absolute atomic E-state index is 0.0142. The molecule has 0 heterocycles. The first-order valence-electron chi connectivity index (χ1n) is 6.87. The minimum Gasteiger partial charge on any atom is -0.481 e. The van der Waals surface area contributed by atoms with Gasteiger partial charge >= 0.3 is 5.97 Å². The van der Waals surface area contributed by atoms with Crippen molar-refractivity contribution in [1.29, 1.82) is 0 Å². The van der Waals surface area contributed by atoms with Crippen molar-refractivity contribution < 1.29 is 9.90 Å². The van der Waals surface area contributed by atoms with Crippen LogP contribution in [0.1, 0.15) is 23.6 Å². The highest BCUT2D eigenvalue weighted by Gasteiger charge is 2.11. The van der Waals surface area contributed by atoms with Crippen molar-refractivity contribution in [2.45, 2.75) is 26.7 Å². The van der Waals surface area contributed by atoms with Crippen LogP contribution in [-0.4, -0.2) is 11.1 Å². The Kier molecular flexibility index (Phi) is 4.86. The minimum atomic E-state index is -0.845. The van der Waals surface area contributed by atoms with Crippen LogP contribution in [0.15, 0.2) is 36.4 Å². The van der Waals surface area contributed by atoms with E-state index in [9.17, 15) is 4.79 Å². The van der Waals surface area contributed by atoms with Crippen molar-refractivity contribution in [3.8, 4) is 0 Å². The Morgan fingerprint density at radius 1 is 1.29 bits per heavy atom. The van der Waals surface area contributed by atoms with Crippen molar-refractivity contribution in [3.63, 3.8) is 0 Å². The molecule has 3 nitrogen and oxygen atoms in total. The lowest BCUT2D eigenvalue weighted by atomic mass is 10.0. The first-order valence-corrected chi connectivity index (χ1v) is 7.24. The molecule has 2 aromatic carbocycles. The quantitative estimate of drug-likeness (QED) is 0.850. The van der Waals surface area contributed by atoms with E-state index in [4.69, 9.17) is 16.7 Å². The SMILES string of the molecule is CCc1ccc(Nc2c(C)cccc2Cl)c(CC(=O)O)c1. The summed E-state index contributed by atoms with van der Waals surface area (Å²) in [7, 11) is 0. The van der Waals surface area contributed by atoms with Gasteiger partial charge in [0.2, 0.25) is 0 Å².